The molecule has 0 saturated carbocycles. The molecule has 0 aliphatic carbocycles. The molecule has 3 aromatic heterocycles. The standard InChI is InChI=1S/C27H22FN5O5.C19H12F2N2O5/c1-2-37-27(36)17-13-33-20-9-14(26(29)35)3-4-21(20)38-25-22(33)16(24(17)34)10-18(28)23(25)32-8-5-15(12-32)19-11-30-6-7-31-19;1-2-27-19(26)10-7-23-12-5-8(18(22)25)3-4-13(12)28-17-14(21)11(20)6-9(15(17)23)16(10)24/h3-4,6-7,9-11,13,15H,2,5,8,12H2,1H3,(H2,29,35);3-7H,2H2,1H3,(H2,22,25). The van der Waals surface area contributed by atoms with E-state index < -0.39 is 57.8 Å². The summed E-state index contributed by atoms with van der Waals surface area (Å²) in [5.41, 5.74) is 10.8. The number of benzene rings is 4. The number of aromatic nitrogens is 4. The fraction of sp³-hybridized carbons (Fsp3) is 0.174. The Balaban J connectivity index is 0.000000174. The summed E-state index contributed by atoms with van der Waals surface area (Å²) in [5, 5.41) is -0.318. The van der Waals surface area contributed by atoms with Crippen molar-refractivity contribution >= 4 is 51.2 Å². The van der Waals surface area contributed by atoms with Crippen LogP contribution >= 0.6 is 0 Å². The van der Waals surface area contributed by atoms with Crippen LogP contribution in [0.4, 0.5) is 18.9 Å². The lowest BCUT2D eigenvalue weighted by molar-refractivity contribution is 0.0514. The number of pyridine rings is 2. The molecule has 1 atom stereocenters. The van der Waals surface area contributed by atoms with Crippen LogP contribution in [0.2, 0.25) is 0 Å². The highest BCUT2D eigenvalue weighted by Crippen LogP contribution is 2.48. The molecule has 2 amide bonds. The molecule has 1 saturated heterocycles. The van der Waals surface area contributed by atoms with Crippen molar-refractivity contribution in [2.75, 3.05) is 31.2 Å². The lowest BCUT2D eigenvalue weighted by Crippen LogP contribution is -2.26. The van der Waals surface area contributed by atoms with Crippen LogP contribution < -0.4 is 36.7 Å². The lowest BCUT2D eigenvalue weighted by Gasteiger charge is -2.29. The number of hydrogen-bond acceptors (Lipinski definition) is 13. The van der Waals surface area contributed by atoms with Crippen LogP contribution in [0.25, 0.3) is 33.2 Å². The maximum atomic E-state index is 15.8. The van der Waals surface area contributed by atoms with E-state index in [1.165, 1.54) is 41.1 Å². The molecule has 0 radical (unpaired) electrons. The van der Waals surface area contributed by atoms with Crippen molar-refractivity contribution in [3.05, 3.63) is 145 Å². The molecular formula is C46H34F3N7O10. The second kappa shape index (κ2) is 16.5. The van der Waals surface area contributed by atoms with Gasteiger partial charge in [-0.1, -0.05) is 0 Å². The summed E-state index contributed by atoms with van der Waals surface area (Å²) in [6.07, 6.45) is 8.14. The molecule has 66 heavy (non-hydrogen) atoms. The van der Waals surface area contributed by atoms with E-state index in [1.54, 1.807) is 43.1 Å². The summed E-state index contributed by atoms with van der Waals surface area (Å²) in [6.45, 7) is 4.26. The number of ether oxygens (including phenoxy) is 4. The smallest absolute Gasteiger partial charge is 0.343 e. The summed E-state index contributed by atoms with van der Waals surface area (Å²) >= 11 is 0. The van der Waals surface area contributed by atoms with Crippen LogP contribution in [-0.2, 0) is 9.47 Å². The molecule has 0 bridgehead atoms. The number of carbonyl (C=O) groups is 4. The van der Waals surface area contributed by atoms with Gasteiger partial charge in [-0.3, -0.25) is 29.1 Å². The minimum absolute atomic E-state index is 0.0187. The Hall–Kier alpha value is -8.55. The molecule has 3 aliphatic heterocycles. The molecule has 6 heterocycles. The third kappa shape index (κ3) is 7.07. The van der Waals surface area contributed by atoms with Crippen LogP contribution in [0, 0.1) is 17.5 Å². The highest BCUT2D eigenvalue weighted by atomic mass is 19.2. The van der Waals surface area contributed by atoms with Crippen LogP contribution in [0.3, 0.4) is 0 Å². The minimum atomic E-state index is -1.30. The molecule has 4 aromatic carbocycles. The van der Waals surface area contributed by atoms with Gasteiger partial charge in [0.2, 0.25) is 28.5 Å². The number of carbonyl (C=O) groups excluding carboxylic acids is 4. The van der Waals surface area contributed by atoms with Gasteiger partial charge in [-0.05, 0) is 68.8 Å². The Morgan fingerprint density at radius 2 is 1.27 bits per heavy atom. The first-order valence-electron chi connectivity index (χ1n) is 20.3. The van der Waals surface area contributed by atoms with E-state index in [-0.39, 0.29) is 86.1 Å². The SMILES string of the molecule is CCOC(=O)c1cn2c3c(c(F)c(F)cc3c1=O)Oc1ccc(C(N)=O)cc1-2.CCOC(=O)c1cn2c3c(c(N4CCC(c5cnccn5)C4)c(F)cc3c1=O)Oc1ccc(C(N)=O)cc1-2. The molecule has 7 aromatic rings. The number of halogens is 3. The zero-order valence-corrected chi connectivity index (χ0v) is 34.7. The maximum Gasteiger partial charge on any atom is 0.343 e. The second-order valence-electron chi connectivity index (χ2n) is 15.1. The number of nitrogens with two attached hydrogens (primary N) is 2. The second-order valence-corrected chi connectivity index (χ2v) is 15.1. The number of amides is 2. The molecule has 3 aliphatic rings. The number of hydrogen-bond donors (Lipinski definition) is 2. The van der Waals surface area contributed by atoms with Gasteiger partial charge in [-0.25, -0.2) is 18.4 Å². The summed E-state index contributed by atoms with van der Waals surface area (Å²) in [5.74, 6) is -6.30. The number of primary amides is 2. The van der Waals surface area contributed by atoms with Gasteiger partial charge in [-0.15, -0.1) is 0 Å². The van der Waals surface area contributed by atoms with Gasteiger partial charge in [0.05, 0.1) is 41.1 Å². The number of rotatable bonds is 8. The number of esters is 2. The predicted octanol–water partition coefficient (Wildman–Crippen LogP) is 5.95. The minimum Gasteiger partial charge on any atom is -0.462 e. The summed E-state index contributed by atoms with van der Waals surface area (Å²) in [7, 11) is 0. The van der Waals surface area contributed by atoms with Gasteiger partial charge < -0.3 is 44.4 Å². The van der Waals surface area contributed by atoms with E-state index in [9.17, 15) is 37.5 Å². The fourth-order valence-electron chi connectivity index (χ4n) is 8.23. The molecular weight excluding hydrogens is 868 g/mol. The highest BCUT2D eigenvalue weighted by Gasteiger charge is 2.35. The van der Waals surface area contributed by atoms with Crippen molar-refractivity contribution < 1.29 is 51.3 Å². The van der Waals surface area contributed by atoms with Crippen LogP contribution in [-0.4, -0.2) is 69.2 Å². The maximum absolute atomic E-state index is 15.8. The number of fused-ring (bicyclic) bond motifs is 4. The van der Waals surface area contributed by atoms with E-state index in [0.29, 0.717) is 30.6 Å². The van der Waals surface area contributed by atoms with Gasteiger partial charge in [0.25, 0.3) is 0 Å². The van der Waals surface area contributed by atoms with E-state index in [0.717, 1.165) is 24.4 Å². The fourth-order valence-corrected chi connectivity index (χ4v) is 8.23. The summed E-state index contributed by atoms with van der Waals surface area (Å²) < 4.78 is 68.8. The Morgan fingerprint density at radius 1 is 0.742 bits per heavy atom. The van der Waals surface area contributed by atoms with Gasteiger partial charge in [0, 0.05) is 61.1 Å². The quantitative estimate of drug-likeness (QED) is 0.168. The van der Waals surface area contributed by atoms with E-state index >= 15 is 4.39 Å². The van der Waals surface area contributed by atoms with Crippen LogP contribution in [0.15, 0.2) is 89.1 Å². The van der Waals surface area contributed by atoms with Gasteiger partial charge >= 0.3 is 11.9 Å². The number of nitrogens with zero attached hydrogens (tertiary/aromatic N) is 5. The topological polar surface area (TPSA) is 230 Å². The van der Waals surface area contributed by atoms with Crippen molar-refractivity contribution in [3.63, 3.8) is 0 Å². The molecule has 17 nitrogen and oxygen atoms in total. The van der Waals surface area contributed by atoms with E-state index in [1.807, 2.05) is 4.90 Å². The van der Waals surface area contributed by atoms with E-state index in [2.05, 4.69) is 9.97 Å². The first-order chi connectivity index (χ1) is 31.7. The predicted molar refractivity (Wildman–Crippen MR) is 230 cm³/mol. The van der Waals surface area contributed by atoms with Gasteiger partial charge in [-0.2, -0.15) is 4.39 Å². The molecule has 1 unspecified atom stereocenters. The largest absolute Gasteiger partial charge is 0.462 e. The van der Waals surface area contributed by atoms with Crippen molar-refractivity contribution in [3.8, 4) is 34.4 Å². The first-order valence-corrected chi connectivity index (χ1v) is 20.3. The zero-order chi connectivity index (χ0) is 46.7. The van der Waals surface area contributed by atoms with Gasteiger partial charge in [0.15, 0.2) is 34.6 Å². The van der Waals surface area contributed by atoms with Crippen molar-refractivity contribution in [2.24, 2.45) is 11.5 Å². The normalized spacial score (nSPS) is 14.0. The summed E-state index contributed by atoms with van der Waals surface area (Å²) in [6, 6.07) is 10.4. The van der Waals surface area contributed by atoms with Crippen molar-refractivity contribution in [1.82, 2.24) is 19.1 Å². The average molecular weight is 902 g/mol. The first kappa shape index (κ1) is 42.7. The Labute approximate surface area is 369 Å². The van der Waals surface area contributed by atoms with Crippen LogP contribution in [0.5, 0.6) is 23.0 Å². The molecule has 1 fully saturated rings. The highest BCUT2D eigenvalue weighted by molar-refractivity contribution is 6.01. The van der Waals surface area contributed by atoms with E-state index in [4.69, 9.17) is 30.4 Å². The van der Waals surface area contributed by atoms with Crippen molar-refractivity contribution in [1.29, 1.82) is 0 Å². The average Bonchev–Trinajstić information content (AvgIpc) is 3.79. The molecule has 4 N–H and O–H groups in total. The number of anilines is 1. The molecule has 0 spiro atoms. The lowest BCUT2D eigenvalue weighted by atomic mass is 10.0. The zero-order valence-electron chi connectivity index (χ0n) is 34.7. The Kier molecular flexibility index (Phi) is 10.7. The molecule has 10 rings (SSSR count). The summed E-state index contributed by atoms with van der Waals surface area (Å²) in [4.78, 5) is 84.7. The molecule has 20 heteroatoms. The van der Waals surface area contributed by atoms with Gasteiger partial charge in [0.1, 0.15) is 27.8 Å². The Morgan fingerprint density at radius 3 is 1.79 bits per heavy atom. The third-order valence-corrected chi connectivity index (χ3v) is 11.2. The molecule has 334 valence electrons. The van der Waals surface area contributed by atoms with Crippen LogP contribution in [0.1, 0.15) is 73.3 Å². The monoisotopic (exact) mass is 901 g/mol. The Bertz CT molecular complexity index is 3380. The third-order valence-electron chi connectivity index (χ3n) is 11.2. The van der Waals surface area contributed by atoms with Crippen molar-refractivity contribution in [2.45, 2.75) is 26.2 Å².